The third kappa shape index (κ3) is 7.52. The van der Waals surface area contributed by atoms with Gasteiger partial charge < -0.3 is 19.5 Å². The molecule has 2 aromatic rings. The number of hydrogen-bond donors (Lipinski definition) is 1. The van der Waals surface area contributed by atoms with Crippen LogP contribution in [0.3, 0.4) is 0 Å². The Balaban J connectivity index is 1.28. The molecule has 4 rings (SSSR count). The van der Waals surface area contributed by atoms with Crippen LogP contribution in [0.1, 0.15) is 65.8 Å². The summed E-state index contributed by atoms with van der Waals surface area (Å²) in [4.78, 5) is 66.1. The van der Waals surface area contributed by atoms with E-state index in [9.17, 15) is 24.0 Å². The largest absolute Gasteiger partial charge is 0.456 e. The maximum Gasteiger partial charge on any atom is 0.411 e. The molecule has 0 saturated carbocycles. The number of hydrogen-bond acceptors (Lipinski definition) is 11. The number of carbonyl (C=O) groups is 5. The molecule has 2 aliphatic rings. The van der Waals surface area contributed by atoms with Crippen molar-refractivity contribution in [3.8, 4) is 9.75 Å². The number of amides is 1. The normalized spacial score (nSPS) is 19.1. The van der Waals surface area contributed by atoms with Gasteiger partial charge in [0.05, 0.1) is 9.75 Å². The highest BCUT2D eigenvalue weighted by molar-refractivity contribution is 7.23. The van der Waals surface area contributed by atoms with Crippen molar-refractivity contribution >= 4 is 52.3 Å². The van der Waals surface area contributed by atoms with Gasteiger partial charge in [0, 0.05) is 16.3 Å². The van der Waals surface area contributed by atoms with Crippen molar-refractivity contribution in [2.45, 2.75) is 64.1 Å². The lowest BCUT2D eigenvalue weighted by molar-refractivity contribution is -0.147. The summed E-state index contributed by atoms with van der Waals surface area (Å²) in [5.41, 5.74) is -0.683. The lowest BCUT2D eigenvalue weighted by atomic mass is 10.2. The summed E-state index contributed by atoms with van der Waals surface area (Å²) >= 11 is 2.48. The van der Waals surface area contributed by atoms with E-state index in [-0.39, 0.29) is 24.2 Å². The van der Waals surface area contributed by atoms with Crippen molar-refractivity contribution in [3.63, 3.8) is 0 Å². The molecule has 2 saturated heterocycles. The Labute approximate surface area is 234 Å². The number of rotatable bonds is 9. The second kappa shape index (κ2) is 12.4. The Morgan fingerprint density at radius 3 is 2.00 bits per heavy atom. The molecule has 2 aromatic heterocycles. The smallest absolute Gasteiger partial charge is 0.411 e. The molecular formula is C27H32N2O8S2. The van der Waals surface area contributed by atoms with Gasteiger partial charge >= 0.3 is 18.0 Å². The van der Waals surface area contributed by atoms with Gasteiger partial charge in [0.15, 0.2) is 13.2 Å². The molecule has 2 fully saturated rings. The lowest BCUT2D eigenvalue weighted by Crippen LogP contribution is -2.44. The van der Waals surface area contributed by atoms with Crippen molar-refractivity contribution in [1.29, 1.82) is 0 Å². The molecule has 1 amide bonds. The lowest BCUT2D eigenvalue weighted by Gasteiger charge is -2.27. The molecule has 0 aliphatic carbocycles. The van der Waals surface area contributed by atoms with Gasteiger partial charge in [-0.15, -0.1) is 22.7 Å². The number of nitrogens with zero attached hydrogens (tertiary/aromatic N) is 1. The minimum atomic E-state index is -0.776. The van der Waals surface area contributed by atoms with Crippen LogP contribution < -0.4 is 5.32 Å². The van der Waals surface area contributed by atoms with Gasteiger partial charge in [0.25, 0.3) is 0 Å². The molecule has 2 aliphatic heterocycles. The number of esters is 2. The van der Waals surface area contributed by atoms with Gasteiger partial charge in [-0.1, -0.05) is 0 Å². The fraction of sp³-hybridized carbons (Fsp3) is 0.519. The van der Waals surface area contributed by atoms with Crippen LogP contribution in [0.15, 0.2) is 24.3 Å². The van der Waals surface area contributed by atoms with Crippen LogP contribution in [0, 0.1) is 0 Å². The van der Waals surface area contributed by atoms with Gasteiger partial charge in [0.1, 0.15) is 17.7 Å². The summed E-state index contributed by atoms with van der Waals surface area (Å²) in [6, 6.07) is 5.75. The maximum absolute atomic E-state index is 12.7. The first kappa shape index (κ1) is 28.9. The molecule has 210 valence electrons. The van der Waals surface area contributed by atoms with E-state index < -0.39 is 36.3 Å². The maximum atomic E-state index is 12.7. The van der Waals surface area contributed by atoms with Crippen LogP contribution >= 0.6 is 22.7 Å². The van der Waals surface area contributed by atoms with Crippen molar-refractivity contribution in [1.82, 2.24) is 10.2 Å². The van der Waals surface area contributed by atoms with Crippen molar-refractivity contribution in [2.75, 3.05) is 26.3 Å². The van der Waals surface area contributed by atoms with Gasteiger partial charge in [-0.3, -0.25) is 19.3 Å². The molecule has 0 spiro atoms. The number of likely N-dealkylation sites (tertiary alicyclic amines) is 1. The minimum Gasteiger partial charge on any atom is -0.456 e. The number of nitrogens with one attached hydrogen (secondary N) is 1. The van der Waals surface area contributed by atoms with Crippen LogP contribution in [-0.4, -0.2) is 78.5 Å². The van der Waals surface area contributed by atoms with Gasteiger partial charge in [-0.05, 0) is 77.3 Å². The summed E-state index contributed by atoms with van der Waals surface area (Å²) in [6.07, 6.45) is 2.13. The Kier molecular flexibility index (Phi) is 9.19. The van der Waals surface area contributed by atoms with E-state index in [2.05, 4.69) is 5.32 Å². The van der Waals surface area contributed by atoms with Crippen molar-refractivity contribution < 1.29 is 38.2 Å². The highest BCUT2D eigenvalue weighted by Gasteiger charge is 2.38. The van der Waals surface area contributed by atoms with Gasteiger partial charge in [-0.25, -0.2) is 9.59 Å². The topological polar surface area (TPSA) is 128 Å². The Morgan fingerprint density at radius 2 is 1.46 bits per heavy atom. The first-order valence-electron chi connectivity index (χ1n) is 12.8. The number of thiophene rings is 2. The van der Waals surface area contributed by atoms with Crippen molar-refractivity contribution in [2.24, 2.45) is 0 Å². The molecule has 4 heterocycles. The molecular weight excluding hydrogens is 544 g/mol. The number of ketones is 2. The van der Waals surface area contributed by atoms with E-state index in [0.29, 0.717) is 35.6 Å². The summed E-state index contributed by atoms with van der Waals surface area (Å²) < 4.78 is 15.8. The summed E-state index contributed by atoms with van der Waals surface area (Å²) in [5.74, 6) is -1.69. The zero-order valence-corrected chi connectivity index (χ0v) is 23.8. The third-order valence-electron chi connectivity index (χ3n) is 6.19. The highest BCUT2D eigenvalue weighted by atomic mass is 32.1. The summed E-state index contributed by atoms with van der Waals surface area (Å²) in [7, 11) is 0. The third-order valence-corrected chi connectivity index (χ3v) is 8.64. The molecule has 1 N–H and O–H groups in total. The molecule has 0 aromatic carbocycles. The first-order valence-corrected chi connectivity index (χ1v) is 14.5. The van der Waals surface area contributed by atoms with E-state index in [1.807, 2.05) is 0 Å². The first-order chi connectivity index (χ1) is 18.5. The second-order valence-corrected chi connectivity index (χ2v) is 12.5. The quantitative estimate of drug-likeness (QED) is 0.267. The Hall–Kier alpha value is -3.09. The van der Waals surface area contributed by atoms with E-state index in [1.165, 1.54) is 27.6 Å². The molecule has 0 bridgehead atoms. The molecule has 2 atom stereocenters. The van der Waals surface area contributed by atoms with Crippen molar-refractivity contribution in [3.05, 3.63) is 34.0 Å². The van der Waals surface area contributed by atoms with Crippen LogP contribution in [-0.2, 0) is 23.8 Å². The summed E-state index contributed by atoms with van der Waals surface area (Å²) in [5, 5.41) is 3.04. The standard InChI is InChI=1S/C27H32N2O8S2/c1-27(2,3)37-26(34)29-13-5-7-17(29)25(33)36-15-19(31)21-9-11-23(39-21)22-10-8-20(38-22)18(30)14-35-24(32)16-6-4-12-28-16/h8-11,16-17,28H,4-7,12-15H2,1-3H3/t16-,17-/m0/s1. The molecule has 0 unspecified atom stereocenters. The Bertz CT molecular complexity index is 1240. The van der Waals surface area contributed by atoms with Crippen LogP contribution in [0.5, 0.6) is 0 Å². The monoisotopic (exact) mass is 576 g/mol. The second-order valence-electron chi connectivity index (χ2n) is 10.4. The molecule has 10 nitrogen and oxygen atoms in total. The summed E-state index contributed by atoms with van der Waals surface area (Å²) in [6.45, 7) is 5.66. The predicted molar refractivity (Wildman–Crippen MR) is 145 cm³/mol. The Morgan fingerprint density at radius 1 is 0.872 bits per heavy atom. The fourth-order valence-electron chi connectivity index (χ4n) is 4.29. The zero-order valence-electron chi connectivity index (χ0n) is 22.2. The number of Topliss-reactive ketones (excluding diaryl/α,β-unsaturated/α-hetero) is 2. The van der Waals surface area contributed by atoms with Crippen LogP contribution in [0.2, 0.25) is 0 Å². The number of carbonyl (C=O) groups excluding carboxylic acids is 5. The molecule has 39 heavy (non-hydrogen) atoms. The van der Waals surface area contributed by atoms with E-state index >= 15 is 0 Å². The molecule has 12 heteroatoms. The average molecular weight is 577 g/mol. The van der Waals surface area contributed by atoms with Gasteiger partial charge in [-0.2, -0.15) is 0 Å². The average Bonchev–Trinajstić information content (AvgIpc) is 3.69. The van der Waals surface area contributed by atoms with E-state index in [1.54, 1.807) is 45.0 Å². The van der Waals surface area contributed by atoms with Crippen LogP contribution in [0.25, 0.3) is 9.75 Å². The predicted octanol–water partition coefficient (Wildman–Crippen LogP) is 4.08. The number of ether oxygens (including phenoxy) is 3. The SMILES string of the molecule is CC(C)(C)OC(=O)N1CCC[C@H]1C(=O)OCC(=O)c1ccc(-c2ccc(C(=O)COC(=O)[C@@H]3CCCN3)s2)s1. The molecule has 0 radical (unpaired) electrons. The van der Waals surface area contributed by atoms with E-state index in [0.717, 1.165) is 22.7 Å². The minimum absolute atomic E-state index is 0.287. The van der Waals surface area contributed by atoms with Gasteiger partial charge in [0.2, 0.25) is 11.6 Å². The highest BCUT2D eigenvalue weighted by Crippen LogP contribution is 2.34. The fourth-order valence-corrected chi connectivity index (χ4v) is 6.24. The van der Waals surface area contributed by atoms with E-state index in [4.69, 9.17) is 14.2 Å². The van der Waals surface area contributed by atoms with Crippen LogP contribution in [0.4, 0.5) is 4.79 Å². The zero-order chi connectivity index (χ0) is 28.2.